The van der Waals surface area contributed by atoms with E-state index in [1.165, 1.54) is 0 Å². The van der Waals surface area contributed by atoms with Gasteiger partial charge in [0.2, 0.25) is 0 Å². The molecule has 17 heavy (non-hydrogen) atoms. The van der Waals surface area contributed by atoms with Crippen LogP contribution in [0.25, 0.3) is 0 Å². The summed E-state index contributed by atoms with van der Waals surface area (Å²) in [6.45, 7) is 5.63. The fourth-order valence-corrected chi connectivity index (χ4v) is 18.0. The highest BCUT2D eigenvalue weighted by molar-refractivity contribution is 8.21. The molecule has 1 unspecified atom stereocenters. The van der Waals surface area contributed by atoms with Crippen molar-refractivity contribution in [1.29, 1.82) is 0 Å². The standard InChI is InChI=1S/C7H12Cl4N3P3/c1-3-5-7-15(6-4-2)12-16(8,9)14-17(10,11)13-15/h6H,2-3,5,7H2,1H3. The highest BCUT2D eigenvalue weighted by Crippen LogP contribution is 2.85. The highest BCUT2D eigenvalue weighted by atomic mass is 35.9. The average Bonchev–Trinajstić information content (AvgIpc) is 2.10. The van der Waals surface area contributed by atoms with Gasteiger partial charge in [-0.3, -0.25) is 0 Å². The van der Waals surface area contributed by atoms with E-state index in [0.29, 0.717) is 0 Å². The average molecular weight is 373 g/mol. The molecule has 1 heterocycles. The minimum absolute atomic E-state index is 0.740. The number of unbranched alkanes of at least 4 members (excludes halogenated alkanes) is 1. The van der Waals surface area contributed by atoms with Crippen LogP contribution in [-0.4, -0.2) is 6.16 Å². The van der Waals surface area contributed by atoms with Crippen molar-refractivity contribution in [3.63, 3.8) is 0 Å². The van der Waals surface area contributed by atoms with E-state index in [9.17, 15) is 0 Å². The number of hydrogen-bond acceptors (Lipinski definition) is 3. The van der Waals surface area contributed by atoms with Crippen molar-refractivity contribution in [2.45, 2.75) is 19.8 Å². The second kappa shape index (κ2) is 6.21. The van der Waals surface area contributed by atoms with E-state index in [-0.39, 0.29) is 0 Å². The third-order valence-corrected chi connectivity index (χ3v) is 14.2. The Balaban J connectivity index is 3.43. The van der Waals surface area contributed by atoms with Crippen LogP contribution >= 0.6 is 64.0 Å². The molecule has 0 saturated carbocycles. The van der Waals surface area contributed by atoms with Gasteiger partial charge in [0.1, 0.15) is 7.21 Å². The zero-order valence-corrected chi connectivity index (χ0v) is 14.8. The zero-order chi connectivity index (χ0) is 13.2. The third kappa shape index (κ3) is 5.10. The summed E-state index contributed by atoms with van der Waals surface area (Å²) in [4.78, 5) is 0. The summed E-state index contributed by atoms with van der Waals surface area (Å²) < 4.78 is 12.7. The van der Waals surface area contributed by atoms with Gasteiger partial charge in [0.05, 0.1) is 0 Å². The van der Waals surface area contributed by atoms with Crippen LogP contribution in [0.4, 0.5) is 0 Å². The van der Waals surface area contributed by atoms with Crippen LogP contribution in [0.15, 0.2) is 31.7 Å². The van der Waals surface area contributed by atoms with E-state index in [2.05, 4.69) is 32.8 Å². The van der Waals surface area contributed by atoms with Gasteiger partial charge in [-0.2, -0.15) is 4.52 Å². The lowest BCUT2D eigenvalue weighted by molar-refractivity contribution is 0.890. The molecule has 1 atom stereocenters. The first kappa shape index (κ1) is 16.4. The van der Waals surface area contributed by atoms with Crippen LogP contribution in [0.1, 0.15) is 19.8 Å². The largest absolute Gasteiger partial charge is 0.255 e. The minimum atomic E-state index is -2.81. The Morgan fingerprint density at radius 1 is 1.12 bits per heavy atom. The molecule has 0 fully saturated rings. The SMILES string of the molecule is C=C=CP1(CCCC)=NP(Cl)(Cl)=NP(Cl)(Cl)=N1. The molecule has 0 radical (unpaired) electrons. The van der Waals surface area contributed by atoms with Crippen LogP contribution in [-0.2, 0) is 0 Å². The molecule has 1 aliphatic heterocycles. The Morgan fingerprint density at radius 2 is 1.71 bits per heavy atom. The first-order chi connectivity index (χ1) is 7.74. The molecular formula is C7H12Cl4N3P3. The summed E-state index contributed by atoms with van der Waals surface area (Å²) in [6, 6.07) is 0. The second-order valence-electron chi connectivity index (χ2n) is 3.38. The number of nitrogens with zero attached hydrogens (tertiary/aromatic N) is 3. The van der Waals surface area contributed by atoms with Gasteiger partial charge in [0, 0.05) is 12.0 Å². The van der Waals surface area contributed by atoms with Gasteiger partial charge in [-0.05, 0) is 51.4 Å². The Bertz CT molecular complexity index is 501. The van der Waals surface area contributed by atoms with E-state index in [0.717, 1.165) is 19.0 Å². The Morgan fingerprint density at radius 3 is 2.18 bits per heavy atom. The lowest BCUT2D eigenvalue weighted by atomic mass is 10.4. The molecule has 3 nitrogen and oxygen atoms in total. The number of halogens is 4. The minimum Gasteiger partial charge on any atom is -0.209 e. The van der Waals surface area contributed by atoms with Crippen LogP contribution in [0.5, 0.6) is 0 Å². The number of rotatable bonds is 4. The van der Waals surface area contributed by atoms with Crippen molar-refractivity contribution < 1.29 is 0 Å². The number of hydrogen-bond donors (Lipinski definition) is 0. The smallest absolute Gasteiger partial charge is 0.209 e. The van der Waals surface area contributed by atoms with Crippen molar-refractivity contribution in [3.05, 3.63) is 18.1 Å². The van der Waals surface area contributed by atoms with Gasteiger partial charge < -0.3 is 0 Å². The lowest BCUT2D eigenvalue weighted by Crippen LogP contribution is -1.85. The molecule has 0 aliphatic carbocycles. The van der Waals surface area contributed by atoms with Crippen LogP contribution in [0, 0.1) is 0 Å². The summed E-state index contributed by atoms with van der Waals surface area (Å²) in [5.74, 6) is -3.91. The maximum atomic E-state index is 6.06. The Kier molecular flexibility index (Phi) is 6.00. The quantitative estimate of drug-likeness (QED) is 0.353. The molecule has 0 aromatic heterocycles. The van der Waals surface area contributed by atoms with Crippen molar-refractivity contribution in [1.82, 2.24) is 0 Å². The molecule has 0 amide bonds. The molecule has 0 aromatic carbocycles. The van der Waals surface area contributed by atoms with Crippen molar-refractivity contribution in [2.24, 2.45) is 13.5 Å². The van der Waals surface area contributed by atoms with Gasteiger partial charge in [0.15, 0.2) is 0 Å². The topological polar surface area (TPSA) is 37.1 Å². The molecule has 10 heteroatoms. The molecule has 1 aliphatic rings. The van der Waals surface area contributed by atoms with E-state index in [4.69, 9.17) is 45.0 Å². The molecule has 0 bridgehead atoms. The van der Waals surface area contributed by atoms with Crippen molar-refractivity contribution in [3.8, 4) is 0 Å². The molecule has 0 N–H and O–H groups in total. The lowest BCUT2D eigenvalue weighted by Gasteiger charge is -2.23. The van der Waals surface area contributed by atoms with Crippen molar-refractivity contribution in [2.75, 3.05) is 6.16 Å². The van der Waals surface area contributed by atoms with Crippen LogP contribution in [0.3, 0.4) is 0 Å². The fourth-order valence-electron chi connectivity index (χ4n) is 1.30. The van der Waals surface area contributed by atoms with Gasteiger partial charge in [-0.1, -0.05) is 19.9 Å². The van der Waals surface area contributed by atoms with Crippen molar-refractivity contribution >= 4 is 64.0 Å². The van der Waals surface area contributed by atoms with E-state index in [1.807, 2.05) is 0 Å². The maximum Gasteiger partial charge on any atom is 0.255 e. The predicted octanol–water partition coefficient (Wildman–Crippen LogP) is 8.06. The molecule has 0 aromatic rings. The molecule has 98 valence electrons. The predicted molar refractivity (Wildman–Crippen MR) is 84.9 cm³/mol. The van der Waals surface area contributed by atoms with Gasteiger partial charge >= 0.3 is 0 Å². The summed E-state index contributed by atoms with van der Waals surface area (Å²) >= 11 is 24.2. The van der Waals surface area contributed by atoms with E-state index in [1.54, 1.807) is 5.82 Å². The van der Waals surface area contributed by atoms with Gasteiger partial charge in [-0.15, -0.1) is 5.73 Å². The molecular weight excluding hydrogens is 361 g/mol. The maximum absolute atomic E-state index is 6.06. The summed E-state index contributed by atoms with van der Waals surface area (Å²) in [7, 11) is -2.22. The van der Waals surface area contributed by atoms with Gasteiger partial charge in [-0.25, -0.2) is 9.03 Å². The van der Waals surface area contributed by atoms with E-state index >= 15 is 0 Å². The second-order valence-corrected chi connectivity index (χ2v) is 16.3. The van der Waals surface area contributed by atoms with Crippen LogP contribution < -0.4 is 0 Å². The first-order valence-corrected chi connectivity index (χ1v) is 13.8. The first-order valence-electron chi connectivity index (χ1n) is 4.80. The molecule has 0 saturated heterocycles. The van der Waals surface area contributed by atoms with Gasteiger partial charge in [0.25, 0.3) is 11.8 Å². The highest BCUT2D eigenvalue weighted by Gasteiger charge is 2.31. The molecule has 0 spiro atoms. The summed E-state index contributed by atoms with van der Waals surface area (Å²) in [5.41, 5.74) is 2.71. The Labute approximate surface area is 121 Å². The van der Waals surface area contributed by atoms with E-state index < -0.39 is 19.0 Å². The summed E-state index contributed by atoms with van der Waals surface area (Å²) in [5, 5.41) is 0. The summed E-state index contributed by atoms with van der Waals surface area (Å²) in [6.07, 6.45) is 2.70. The normalized spacial score (nSPS) is 29.2. The molecule has 1 rings (SSSR count). The van der Waals surface area contributed by atoms with Crippen LogP contribution in [0.2, 0.25) is 0 Å². The monoisotopic (exact) mass is 371 g/mol. The zero-order valence-electron chi connectivity index (χ0n) is 9.10. The third-order valence-electron chi connectivity index (χ3n) is 1.88. The Hall–Kier alpha value is 1.37. The fraction of sp³-hybridized carbons (Fsp3) is 0.571.